The van der Waals surface area contributed by atoms with Gasteiger partial charge in [-0.1, -0.05) is 6.08 Å². The number of aliphatic hydroxyl groups is 1. The number of aliphatic carboxylic acids is 1. The Morgan fingerprint density at radius 2 is 2.17 bits per heavy atom. The number of carboxylic acid groups (broad SMARTS) is 1. The van der Waals surface area contributed by atoms with Crippen molar-refractivity contribution in [3.8, 4) is 0 Å². The van der Waals surface area contributed by atoms with Gasteiger partial charge in [-0.05, 0) is 24.1 Å². The minimum absolute atomic E-state index is 0.166. The minimum Gasteiger partial charge on any atom is -0.508 e. The number of carbonyl (C=O) groups is 1. The van der Waals surface area contributed by atoms with Gasteiger partial charge in [-0.15, -0.1) is 0 Å². The van der Waals surface area contributed by atoms with E-state index in [1.165, 1.54) is 6.08 Å². The van der Waals surface area contributed by atoms with Crippen molar-refractivity contribution in [2.45, 2.75) is 12.5 Å². The highest BCUT2D eigenvalue weighted by Gasteiger charge is 2.22. The highest BCUT2D eigenvalue weighted by Crippen LogP contribution is 2.22. The van der Waals surface area contributed by atoms with E-state index in [-0.39, 0.29) is 11.8 Å². The van der Waals surface area contributed by atoms with Crippen LogP contribution < -0.4 is 5.32 Å². The molecular formula is C13H18N2O3. The summed E-state index contributed by atoms with van der Waals surface area (Å²) in [5.41, 5.74) is 0.684. The van der Waals surface area contributed by atoms with Crippen LogP contribution in [0.5, 0.6) is 0 Å². The Kier molecular flexibility index (Phi) is 4.17. The Morgan fingerprint density at radius 1 is 1.44 bits per heavy atom. The maximum absolute atomic E-state index is 10.5. The normalized spacial score (nSPS) is 25.9. The Hall–Kier alpha value is -1.59. The molecule has 1 aliphatic heterocycles. The lowest BCUT2D eigenvalue weighted by Gasteiger charge is -2.34. The first-order valence-electron chi connectivity index (χ1n) is 6.13. The summed E-state index contributed by atoms with van der Waals surface area (Å²) in [7, 11) is 0. The Balaban J connectivity index is 2.03. The van der Waals surface area contributed by atoms with E-state index in [0.717, 1.165) is 32.3 Å². The van der Waals surface area contributed by atoms with E-state index >= 15 is 0 Å². The van der Waals surface area contributed by atoms with Gasteiger partial charge in [0.15, 0.2) is 0 Å². The predicted octanol–water partition coefficient (Wildman–Crippen LogP) is 0.673. The topological polar surface area (TPSA) is 72.8 Å². The van der Waals surface area contributed by atoms with Crippen molar-refractivity contribution in [3.63, 3.8) is 0 Å². The van der Waals surface area contributed by atoms with Gasteiger partial charge in [-0.3, -0.25) is 4.90 Å². The van der Waals surface area contributed by atoms with Crippen molar-refractivity contribution < 1.29 is 15.0 Å². The van der Waals surface area contributed by atoms with Gasteiger partial charge < -0.3 is 15.5 Å². The standard InChI is InChI=1S/C13H18N2O3/c16-12-3-2-11(15-7-5-14-6-8-15)9-10(12)1-4-13(17)18/h1-4,11,14,16H,5-9H2,(H,17,18)/b4-1+. The second kappa shape index (κ2) is 5.84. The molecule has 1 fully saturated rings. The van der Waals surface area contributed by atoms with Crippen LogP contribution in [0.4, 0.5) is 0 Å². The SMILES string of the molecule is O=C(O)/C=C/C1=C(O)C=CC(N2CCNCC2)C1. The number of hydrogen-bond donors (Lipinski definition) is 3. The van der Waals surface area contributed by atoms with Crippen molar-refractivity contribution in [3.05, 3.63) is 35.6 Å². The van der Waals surface area contributed by atoms with E-state index in [1.54, 1.807) is 6.08 Å². The number of carboxylic acids is 1. The Bertz CT molecular complexity index is 406. The molecule has 0 aromatic rings. The summed E-state index contributed by atoms with van der Waals surface area (Å²) in [6.45, 7) is 3.90. The number of nitrogens with one attached hydrogen (secondary N) is 1. The van der Waals surface area contributed by atoms with Gasteiger partial charge >= 0.3 is 5.97 Å². The summed E-state index contributed by atoms with van der Waals surface area (Å²) in [6, 6.07) is 0.247. The molecule has 0 aromatic heterocycles. The highest BCUT2D eigenvalue weighted by atomic mass is 16.4. The minimum atomic E-state index is -0.997. The van der Waals surface area contributed by atoms with Crippen molar-refractivity contribution in [2.24, 2.45) is 0 Å². The molecular weight excluding hydrogens is 232 g/mol. The molecule has 1 atom stereocenters. The molecule has 1 aliphatic carbocycles. The van der Waals surface area contributed by atoms with Gasteiger partial charge in [-0.25, -0.2) is 4.79 Å². The summed E-state index contributed by atoms with van der Waals surface area (Å²) in [6.07, 6.45) is 6.86. The fourth-order valence-corrected chi connectivity index (χ4v) is 2.30. The zero-order valence-electron chi connectivity index (χ0n) is 10.2. The first kappa shape index (κ1) is 12.9. The molecule has 0 amide bonds. The molecule has 2 rings (SSSR count). The second-order valence-electron chi connectivity index (χ2n) is 4.50. The Morgan fingerprint density at radius 3 is 2.83 bits per heavy atom. The molecule has 0 aromatic carbocycles. The molecule has 0 bridgehead atoms. The highest BCUT2D eigenvalue weighted by molar-refractivity contribution is 5.80. The summed E-state index contributed by atoms with van der Waals surface area (Å²) in [5.74, 6) is -0.831. The van der Waals surface area contributed by atoms with E-state index in [4.69, 9.17) is 5.11 Å². The summed E-state index contributed by atoms with van der Waals surface area (Å²) < 4.78 is 0. The molecule has 0 saturated carbocycles. The van der Waals surface area contributed by atoms with E-state index in [0.29, 0.717) is 12.0 Å². The number of rotatable bonds is 3. The fourth-order valence-electron chi connectivity index (χ4n) is 2.30. The van der Waals surface area contributed by atoms with Gasteiger partial charge in [0.05, 0.1) is 0 Å². The maximum Gasteiger partial charge on any atom is 0.328 e. The average molecular weight is 250 g/mol. The summed E-state index contributed by atoms with van der Waals surface area (Å²) in [4.78, 5) is 12.8. The molecule has 1 saturated heterocycles. The molecule has 2 aliphatic rings. The van der Waals surface area contributed by atoms with Crippen LogP contribution in [0.3, 0.4) is 0 Å². The second-order valence-corrected chi connectivity index (χ2v) is 4.50. The van der Waals surface area contributed by atoms with E-state index < -0.39 is 5.97 Å². The lowest BCUT2D eigenvalue weighted by Crippen LogP contribution is -2.48. The number of piperazine rings is 1. The zero-order valence-corrected chi connectivity index (χ0v) is 10.2. The molecule has 5 nitrogen and oxygen atoms in total. The van der Waals surface area contributed by atoms with Gasteiger partial charge in [0.2, 0.25) is 0 Å². The zero-order chi connectivity index (χ0) is 13.0. The molecule has 0 spiro atoms. The van der Waals surface area contributed by atoms with Crippen LogP contribution in [0.15, 0.2) is 35.6 Å². The van der Waals surface area contributed by atoms with E-state index in [2.05, 4.69) is 10.2 Å². The first-order valence-corrected chi connectivity index (χ1v) is 6.13. The van der Waals surface area contributed by atoms with E-state index in [1.807, 2.05) is 6.08 Å². The molecule has 98 valence electrons. The van der Waals surface area contributed by atoms with Crippen molar-refractivity contribution in [1.82, 2.24) is 10.2 Å². The first-order chi connectivity index (χ1) is 8.66. The third kappa shape index (κ3) is 3.21. The molecule has 3 N–H and O–H groups in total. The van der Waals surface area contributed by atoms with Gasteiger partial charge in [0.1, 0.15) is 5.76 Å². The van der Waals surface area contributed by atoms with Crippen molar-refractivity contribution in [1.29, 1.82) is 0 Å². The van der Waals surface area contributed by atoms with Crippen LogP contribution in [0, 0.1) is 0 Å². The van der Waals surface area contributed by atoms with Crippen LogP contribution in [-0.2, 0) is 4.79 Å². The third-order valence-corrected chi connectivity index (χ3v) is 3.28. The molecule has 18 heavy (non-hydrogen) atoms. The maximum atomic E-state index is 10.5. The Labute approximate surface area is 106 Å². The molecule has 0 radical (unpaired) electrons. The van der Waals surface area contributed by atoms with Crippen LogP contribution in [0.2, 0.25) is 0 Å². The fraction of sp³-hybridized carbons (Fsp3) is 0.462. The lowest BCUT2D eigenvalue weighted by molar-refractivity contribution is -0.131. The third-order valence-electron chi connectivity index (χ3n) is 3.28. The molecule has 1 heterocycles. The monoisotopic (exact) mass is 250 g/mol. The lowest BCUT2D eigenvalue weighted by atomic mass is 9.97. The number of hydrogen-bond acceptors (Lipinski definition) is 4. The van der Waals surface area contributed by atoms with Crippen LogP contribution >= 0.6 is 0 Å². The molecule has 5 heteroatoms. The number of nitrogens with zero attached hydrogens (tertiary/aromatic N) is 1. The smallest absolute Gasteiger partial charge is 0.328 e. The number of aliphatic hydroxyl groups excluding tert-OH is 1. The van der Waals surface area contributed by atoms with Gasteiger partial charge in [0.25, 0.3) is 0 Å². The largest absolute Gasteiger partial charge is 0.508 e. The number of allylic oxidation sites excluding steroid dienone is 2. The van der Waals surface area contributed by atoms with E-state index in [9.17, 15) is 9.90 Å². The van der Waals surface area contributed by atoms with Crippen LogP contribution in [0.1, 0.15) is 6.42 Å². The van der Waals surface area contributed by atoms with Gasteiger partial charge in [-0.2, -0.15) is 0 Å². The summed E-state index contributed by atoms with van der Waals surface area (Å²) >= 11 is 0. The van der Waals surface area contributed by atoms with Gasteiger partial charge in [0, 0.05) is 38.3 Å². The van der Waals surface area contributed by atoms with Crippen molar-refractivity contribution >= 4 is 5.97 Å². The average Bonchev–Trinajstić information content (AvgIpc) is 2.38. The van der Waals surface area contributed by atoms with Crippen LogP contribution in [-0.4, -0.2) is 53.3 Å². The quantitative estimate of drug-likeness (QED) is 0.642. The van der Waals surface area contributed by atoms with Crippen molar-refractivity contribution in [2.75, 3.05) is 26.2 Å². The summed E-state index contributed by atoms with van der Waals surface area (Å²) in [5, 5.41) is 21.6. The molecule has 1 unspecified atom stereocenters. The van der Waals surface area contributed by atoms with Crippen LogP contribution in [0.25, 0.3) is 0 Å². The predicted molar refractivity (Wildman–Crippen MR) is 68.4 cm³/mol.